The molecule has 0 aliphatic heterocycles. The number of ether oxygens (including phenoxy) is 1. The lowest BCUT2D eigenvalue weighted by Gasteiger charge is -2.34. The number of methoxy groups -OCH3 is 1. The zero-order valence-electron chi connectivity index (χ0n) is 25.7. The predicted octanol–water partition coefficient (Wildman–Crippen LogP) is 6.19. The summed E-state index contributed by atoms with van der Waals surface area (Å²) in [6, 6.07) is 31.1. The second kappa shape index (κ2) is 15.6. The van der Waals surface area contributed by atoms with Gasteiger partial charge in [0, 0.05) is 22.6 Å². The molecule has 0 aromatic heterocycles. The van der Waals surface area contributed by atoms with Gasteiger partial charge in [0.25, 0.3) is 10.0 Å². The number of hydrogen-bond acceptors (Lipinski definition) is 5. The van der Waals surface area contributed by atoms with Crippen molar-refractivity contribution in [2.45, 2.75) is 55.6 Å². The Morgan fingerprint density at radius 1 is 0.870 bits per heavy atom. The van der Waals surface area contributed by atoms with Gasteiger partial charge < -0.3 is 15.0 Å². The third kappa shape index (κ3) is 8.47. The number of carbonyl (C=O) groups is 2. The van der Waals surface area contributed by atoms with Gasteiger partial charge in [-0.15, -0.1) is 0 Å². The molecule has 0 unspecified atom stereocenters. The lowest BCUT2D eigenvalue weighted by Crippen LogP contribution is -2.54. The largest absolute Gasteiger partial charge is 0.497 e. The molecule has 1 N–H and O–H groups in total. The number of benzene rings is 4. The van der Waals surface area contributed by atoms with E-state index in [0.29, 0.717) is 11.4 Å². The molecular weight excluding hydrogens is 713 g/mol. The number of nitrogens with one attached hydrogen (secondary N) is 1. The van der Waals surface area contributed by atoms with E-state index in [1.165, 1.54) is 17.0 Å². The Morgan fingerprint density at radius 3 is 2.15 bits per heavy atom. The molecule has 0 radical (unpaired) electrons. The lowest BCUT2D eigenvalue weighted by molar-refractivity contribution is -0.140. The first-order valence-electron chi connectivity index (χ1n) is 15.3. The van der Waals surface area contributed by atoms with Crippen LogP contribution < -0.4 is 14.4 Å². The summed E-state index contributed by atoms with van der Waals surface area (Å²) in [5, 5.41) is 3.20. The first-order chi connectivity index (χ1) is 22.2. The molecular formula is C36H38IN3O5S. The van der Waals surface area contributed by atoms with Crippen LogP contribution in [0.25, 0.3) is 0 Å². The van der Waals surface area contributed by atoms with Gasteiger partial charge in [-0.05, 0) is 95.1 Å². The van der Waals surface area contributed by atoms with E-state index in [1.807, 2.05) is 54.6 Å². The van der Waals surface area contributed by atoms with Gasteiger partial charge in [-0.3, -0.25) is 13.9 Å². The van der Waals surface area contributed by atoms with E-state index < -0.39 is 28.5 Å². The van der Waals surface area contributed by atoms with Crippen molar-refractivity contribution in [1.82, 2.24) is 10.2 Å². The Labute approximate surface area is 285 Å². The average Bonchev–Trinajstić information content (AvgIpc) is 3.59. The first-order valence-corrected chi connectivity index (χ1v) is 17.9. The minimum atomic E-state index is -4.14. The number of rotatable bonds is 13. The highest BCUT2D eigenvalue weighted by molar-refractivity contribution is 14.1. The molecule has 4 aromatic carbocycles. The number of hydrogen-bond donors (Lipinski definition) is 1. The SMILES string of the molecule is COc1cccc(CN(C(=O)CN(c2ccc(I)cc2)S(=O)(=O)c2ccccc2)[C@@H](Cc2ccccc2)C(=O)NC2CCCC2)c1. The monoisotopic (exact) mass is 751 g/mol. The van der Waals surface area contributed by atoms with Crippen molar-refractivity contribution < 1.29 is 22.7 Å². The van der Waals surface area contributed by atoms with Gasteiger partial charge in [0.05, 0.1) is 17.7 Å². The molecule has 10 heteroatoms. The highest BCUT2D eigenvalue weighted by atomic mass is 127. The van der Waals surface area contributed by atoms with E-state index in [1.54, 1.807) is 49.6 Å². The van der Waals surface area contributed by atoms with Crippen molar-refractivity contribution in [3.63, 3.8) is 0 Å². The maximum atomic E-state index is 14.6. The summed E-state index contributed by atoms with van der Waals surface area (Å²) in [5.74, 6) is -0.130. The summed E-state index contributed by atoms with van der Waals surface area (Å²) in [6.45, 7) is -0.415. The number of nitrogens with zero attached hydrogens (tertiary/aromatic N) is 2. The minimum Gasteiger partial charge on any atom is -0.497 e. The molecule has 1 aliphatic rings. The molecule has 1 aliphatic carbocycles. The maximum Gasteiger partial charge on any atom is 0.264 e. The van der Waals surface area contributed by atoms with Gasteiger partial charge in [0.15, 0.2) is 0 Å². The van der Waals surface area contributed by atoms with Crippen LogP contribution in [0.15, 0.2) is 114 Å². The normalized spacial score (nSPS) is 14.0. The van der Waals surface area contributed by atoms with Crippen LogP contribution in [0.1, 0.15) is 36.8 Å². The van der Waals surface area contributed by atoms with Crippen molar-refractivity contribution in [3.8, 4) is 5.75 Å². The summed E-state index contributed by atoms with van der Waals surface area (Å²) in [7, 11) is -2.57. The van der Waals surface area contributed by atoms with Crippen LogP contribution in [0.3, 0.4) is 0 Å². The summed E-state index contributed by atoms with van der Waals surface area (Å²) < 4.78 is 35.7. The molecule has 2 amide bonds. The minimum absolute atomic E-state index is 0.0429. The van der Waals surface area contributed by atoms with Crippen LogP contribution in [0.2, 0.25) is 0 Å². The molecule has 1 atom stereocenters. The summed E-state index contributed by atoms with van der Waals surface area (Å²) >= 11 is 2.16. The fraction of sp³-hybridized carbons (Fsp3) is 0.278. The number of sulfonamides is 1. The van der Waals surface area contributed by atoms with Crippen LogP contribution in [-0.2, 0) is 32.6 Å². The molecule has 8 nitrogen and oxygen atoms in total. The van der Waals surface area contributed by atoms with Crippen molar-refractivity contribution in [2.75, 3.05) is 18.0 Å². The summed E-state index contributed by atoms with van der Waals surface area (Å²) in [5.41, 5.74) is 2.00. The van der Waals surface area contributed by atoms with Gasteiger partial charge in [-0.2, -0.15) is 0 Å². The third-order valence-corrected chi connectivity index (χ3v) is 10.7. The number of halogens is 1. The van der Waals surface area contributed by atoms with Gasteiger partial charge >= 0.3 is 0 Å². The molecule has 1 saturated carbocycles. The molecule has 0 heterocycles. The number of carbonyl (C=O) groups excluding carboxylic acids is 2. The number of amides is 2. The first kappa shape index (κ1) is 33.5. The average molecular weight is 752 g/mol. The fourth-order valence-electron chi connectivity index (χ4n) is 5.74. The standard InChI is InChI=1S/C36H38IN3O5S/c1-45-32-16-10-13-28(23-32)25-39(34(24-27-11-4-2-5-12-27)36(42)38-30-14-8-9-15-30)35(41)26-40(31-21-19-29(37)20-22-31)46(43,44)33-17-6-3-7-18-33/h2-7,10-13,16-23,30,34H,8-9,14-15,24-26H2,1H3,(H,38,42)/t34-/m0/s1. The zero-order chi connectivity index (χ0) is 32.5. The van der Waals surface area contributed by atoms with Crippen molar-refractivity contribution in [2.24, 2.45) is 0 Å². The maximum absolute atomic E-state index is 14.6. The molecule has 1 fully saturated rings. The smallest absolute Gasteiger partial charge is 0.264 e. The van der Waals surface area contributed by atoms with E-state index in [0.717, 1.165) is 44.7 Å². The molecule has 5 rings (SSSR count). The second-order valence-corrected chi connectivity index (χ2v) is 14.5. The molecule has 0 bridgehead atoms. The van der Waals surface area contributed by atoms with E-state index >= 15 is 0 Å². The molecule has 0 spiro atoms. The third-order valence-electron chi connectivity index (χ3n) is 8.18. The van der Waals surface area contributed by atoms with E-state index in [9.17, 15) is 18.0 Å². The highest BCUT2D eigenvalue weighted by Gasteiger charge is 2.35. The van der Waals surface area contributed by atoms with Crippen LogP contribution in [0.4, 0.5) is 5.69 Å². The molecule has 240 valence electrons. The van der Waals surface area contributed by atoms with Crippen molar-refractivity contribution in [3.05, 3.63) is 124 Å². The van der Waals surface area contributed by atoms with E-state index in [4.69, 9.17) is 4.74 Å². The fourth-order valence-corrected chi connectivity index (χ4v) is 7.54. The Morgan fingerprint density at radius 2 is 1.50 bits per heavy atom. The highest BCUT2D eigenvalue weighted by Crippen LogP contribution is 2.27. The topological polar surface area (TPSA) is 96.0 Å². The summed E-state index contributed by atoms with van der Waals surface area (Å²) in [4.78, 5) is 30.3. The van der Waals surface area contributed by atoms with Crippen molar-refractivity contribution in [1.29, 1.82) is 0 Å². The molecule has 4 aromatic rings. The van der Waals surface area contributed by atoms with Crippen LogP contribution in [0.5, 0.6) is 5.75 Å². The van der Waals surface area contributed by atoms with Gasteiger partial charge in [-0.25, -0.2) is 8.42 Å². The van der Waals surface area contributed by atoms with E-state index in [-0.39, 0.29) is 29.8 Å². The quantitative estimate of drug-likeness (QED) is 0.165. The second-order valence-electron chi connectivity index (χ2n) is 11.4. The van der Waals surface area contributed by atoms with Gasteiger partial charge in [-0.1, -0.05) is 73.5 Å². The van der Waals surface area contributed by atoms with Crippen LogP contribution >= 0.6 is 22.6 Å². The zero-order valence-corrected chi connectivity index (χ0v) is 28.7. The predicted molar refractivity (Wildman–Crippen MR) is 188 cm³/mol. The molecule has 0 saturated heterocycles. The summed E-state index contributed by atoms with van der Waals surface area (Å²) in [6.07, 6.45) is 4.14. The van der Waals surface area contributed by atoms with Gasteiger partial charge in [0.1, 0.15) is 18.3 Å². The van der Waals surface area contributed by atoms with E-state index in [2.05, 4.69) is 27.9 Å². The lowest BCUT2D eigenvalue weighted by atomic mass is 10.0. The Kier molecular flexibility index (Phi) is 11.3. The Hall–Kier alpha value is -3.90. The number of anilines is 1. The van der Waals surface area contributed by atoms with Crippen LogP contribution in [0, 0.1) is 3.57 Å². The van der Waals surface area contributed by atoms with Crippen LogP contribution in [-0.4, -0.2) is 50.9 Å². The van der Waals surface area contributed by atoms with Gasteiger partial charge in [0.2, 0.25) is 11.8 Å². The Balaban J connectivity index is 1.56. The Bertz CT molecular complexity index is 1710. The molecule has 46 heavy (non-hydrogen) atoms. The van der Waals surface area contributed by atoms with Crippen molar-refractivity contribution >= 4 is 50.1 Å².